The molecule has 1 saturated heterocycles. The number of likely N-dealkylation sites (tertiary alicyclic amines) is 1. The highest BCUT2D eigenvalue weighted by molar-refractivity contribution is 5.75. The fraction of sp³-hybridized carbons (Fsp3) is 0.474. The second kappa shape index (κ2) is 7.38. The zero-order valence-corrected chi connectivity index (χ0v) is 15.5. The van der Waals surface area contributed by atoms with Crippen molar-refractivity contribution in [1.29, 1.82) is 0 Å². The standard InChI is InChI=1S/C19H23N5O3/c1-3-14(18-20-12(2)23-27-18)22-19(25)24-10-8-13(9-11-24)17-21-15-6-4-5-7-16(15)26-17/h4-7,13-14H,3,8-11H2,1-2H3,(H,22,25)/t14-/m0/s1. The van der Waals surface area contributed by atoms with Crippen molar-refractivity contribution in [3.05, 3.63) is 41.9 Å². The number of aromatic nitrogens is 3. The molecule has 2 amide bonds. The molecule has 1 aromatic carbocycles. The van der Waals surface area contributed by atoms with Crippen LogP contribution in [0.3, 0.4) is 0 Å². The Morgan fingerprint density at radius 1 is 1.30 bits per heavy atom. The van der Waals surface area contributed by atoms with E-state index in [1.165, 1.54) is 0 Å². The van der Waals surface area contributed by atoms with E-state index in [1.807, 2.05) is 36.1 Å². The van der Waals surface area contributed by atoms with Gasteiger partial charge in [-0.1, -0.05) is 24.2 Å². The number of nitrogens with one attached hydrogen (secondary N) is 1. The first kappa shape index (κ1) is 17.5. The minimum atomic E-state index is -0.270. The molecule has 1 aliphatic rings. The maximum absolute atomic E-state index is 12.6. The number of hydrogen-bond acceptors (Lipinski definition) is 6. The maximum Gasteiger partial charge on any atom is 0.318 e. The molecule has 142 valence electrons. The predicted octanol–water partition coefficient (Wildman–Crippen LogP) is 3.56. The Kier molecular flexibility index (Phi) is 4.79. The van der Waals surface area contributed by atoms with Crippen LogP contribution in [-0.2, 0) is 0 Å². The highest BCUT2D eigenvalue weighted by Gasteiger charge is 2.29. The van der Waals surface area contributed by atoms with Crippen LogP contribution < -0.4 is 5.32 Å². The van der Waals surface area contributed by atoms with Gasteiger partial charge in [-0.2, -0.15) is 4.98 Å². The molecule has 27 heavy (non-hydrogen) atoms. The quantitative estimate of drug-likeness (QED) is 0.755. The average Bonchev–Trinajstić information content (AvgIpc) is 3.32. The van der Waals surface area contributed by atoms with Crippen LogP contribution in [0.4, 0.5) is 4.79 Å². The second-order valence-electron chi connectivity index (χ2n) is 6.87. The third-order valence-corrected chi connectivity index (χ3v) is 4.99. The number of benzene rings is 1. The summed E-state index contributed by atoms with van der Waals surface area (Å²) >= 11 is 0. The van der Waals surface area contributed by atoms with Crippen molar-refractivity contribution in [3.8, 4) is 0 Å². The summed E-state index contributed by atoms with van der Waals surface area (Å²) in [6.07, 6.45) is 2.35. The van der Waals surface area contributed by atoms with Crippen molar-refractivity contribution in [2.24, 2.45) is 0 Å². The summed E-state index contributed by atoms with van der Waals surface area (Å²) < 4.78 is 11.1. The number of piperidine rings is 1. The summed E-state index contributed by atoms with van der Waals surface area (Å²) in [5, 5.41) is 6.79. The lowest BCUT2D eigenvalue weighted by Crippen LogP contribution is -2.45. The van der Waals surface area contributed by atoms with Gasteiger partial charge < -0.3 is 19.2 Å². The minimum Gasteiger partial charge on any atom is -0.440 e. The summed E-state index contributed by atoms with van der Waals surface area (Å²) in [4.78, 5) is 23.3. The van der Waals surface area contributed by atoms with E-state index in [4.69, 9.17) is 8.94 Å². The normalized spacial score (nSPS) is 16.6. The molecule has 0 bridgehead atoms. The van der Waals surface area contributed by atoms with Crippen molar-refractivity contribution < 1.29 is 13.7 Å². The lowest BCUT2D eigenvalue weighted by Gasteiger charge is -2.31. The number of nitrogens with zero attached hydrogens (tertiary/aromatic N) is 4. The van der Waals surface area contributed by atoms with E-state index in [2.05, 4.69) is 20.4 Å². The van der Waals surface area contributed by atoms with Crippen molar-refractivity contribution in [2.75, 3.05) is 13.1 Å². The average molecular weight is 369 g/mol. The Bertz CT molecular complexity index is 893. The maximum atomic E-state index is 12.6. The molecular formula is C19H23N5O3. The molecule has 1 aliphatic heterocycles. The topological polar surface area (TPSA) is 97.3 Å². The summed E-state index contributed by atoms with van der Waals surface area (Å²) in [5.41, 5.74) is 1.70. The highest BCUT2D eigenvalue weighted by atomic mass is 16.5. The SMILES string of the molecule is CC[C@H](NC(=O)N1CCC(c2nc3ccccc3o2)CC1)c1nc(C)no1. The first-order valence-corrected chi connectivity index (χ1v) is 9.35. The number of urea groups is 1. The van der Waals surface area contributed by atoms with Crippen LogP contribution >= 0.6 is 0 Å². The van der Waals surface area contributed by atoms with Crippen LogP contribution in [-0.4, -0.2) is 39.1 Å². The van der Waals surface area contributed by atoms with Gasteiger partial charge in [-0.05, 0) is 38.3 Å². The van der Waals surface area contributed by atoms with Gasteiger partial charge in [0.1, 0.15) is 11.6 Å². The number of para-hydroxylation sites is 2. The van der Waals surface area contributed by atoms with E-state index in [0.717, 1.165) is 29.8 Å². The fourth-order valence-electron chi connectivity index (χ4n) is 3.43. The molecule has 1 fully saturated rings. The van der Waals surface area contributed by atoms with Crippen LogP contribution in [0.25, 0.3) is 11.1 Å². The van der Waals surface area contributed by atoms with Crippen molar-refractivity contribution in [1.82, 2.24) is 25.3 Å². The second-order valence-corrected chi connectivity index (χ2v) is 6.87. The van der Waals surface area contributed by atoms with Crippen LogP contribution in [0, 0.1) is 6.92 Å². The van der Waals surface area contributed by atoms with E-state index >= 15 is 0 Å². The number of aryl methyl sites for hydroxylation is 1. The van der Waals surface area contributed by atoms with E-state index in [-0.39, 0.29) is 18.0 Å². The molecule has 3 aromatic rings. The number of carbonyl (C=O) groups excluding carboxylic acids is 1. The molecule has 0 radical (unpaired) electrons. The first-order chi connectivity index (χ1) is 13.1. The monoisotopic (exact) mass is 369 g/mol. The number of hydrogen-bond donors (Lipinski definition) is 1. The minimum absolute atomic E-state index is 0.103. The molecule has 1 N–H and O–H groups in total. The molecular weight excluding hydrogens is 346 g/mol. The number of rotatable bonds is 4. The molecule has 4 rings (SSSR count). The van der Waals surface area contributed by atoms with Gasteiger partial charge >= 0.3 is 6.03 Å². The lowest BCUT2D eigenvalue weighted by atomic mass is 9.97. The van der Waals surface area contributed by atoms with Crippen molar-refractivity contribution in [2.45, 2.75) is 45.1 Å². The zero-order valence-electron chi connectivity index (χ0n) is 15.5. The molecule has 0 saturated carbocycles. The predicted molar refractivity (Wildman–Crippen MR) is 98.2 cm³/mol. The lowest BCUT2D eigenvalue weighted by molar-refractivity contribution is 0.171. The van der Waals surface area contributed by atoms with Gasteiger partial charge in [-0.15, -0.1) is 0 Å². The van der Waals surface area contributed by atoms with Crippen LogP contribution in [0.5, 0.6) is 0 Å². The molecule has 3 heterocycles. The van der Waals surface area contributed by atoms with Gasteiger partial charge in [0.2, 0.25) is 5.89 Å². The smallest absolute Gasteiger partial charge is 0.318 e. The zero-order chi connectivity index (χ0) is 18.8. The van der Waals surface area contributed by atoms with E-state index in [0.29, 0.717) is 31.2 Å². The van der Waals surface area contributed by atoms with E-state index in [1.54, 1.807) is 6.92 Å². The van der Waals surface area contributed by atoms with Gasteiger partial charge in [-0.25, -0.2) is 9.78 Å². The van der Waals surface area contributed by atoms with Crippen LogP contribution in [0.1, 0.15) is 55.8 Å². The summed E-state index contributed by atoms with van der Waals surface area (Å²) in [6.45, 7) is 5.06. The third-order valence-electron chi connectivity index (χ3n) is 4.99. The van der Waals surface area contributed by atoms with Crippen LogP contribution in [0.15, 0.2) is 33.2 Å². The Balaban J connectivity index is 1.36. The molecule has 1 atom stereocenters. The van der Waals surface area contributed by atoms with E-state index < -0.39 is 0 Å². The largest absolute Gasteiger partial charge is 0.440 e. The number of amides is 2. The molecule has 2 aromatic heterocycles. The number of oxazole rings is 1. The summed E-state index contributed by atoms with van der Waals surface area (Å²) in [6, 6.07) is 7.41. The molecule has 0 aliphatic carbocycles. The van der Waals surface area contributed by atoms with Gasteiger partial charge in [0.05, 0.1) is 0 Å². The van der Waals surface area contributed by atoms with Crippen LogP contribution in [0.2, 0.25) is 0 Å². The Morgan fingerprint density at radius 2 is 2.07 bits per heavy atom. The molecule has 0 spiro atoms. The molecule has 0 unspecified atom stereocenters. The molecule has 8 heteroatoms. The van der Waals surface area contributed by atoms with Gasteiger partial charge in [0.25, 0.3) is 0 Å². The third kappa shape index (κ3) is 3.65. The number of carbonyl (C=O) groups is 1. The van der Waals surface area contributed by atoms with Gasteiger partial charge in [0.15, 0.2) is 17.3 Å². The highest BCUT2D eigenvalue weighted by Crippen LogP contribution is 2.30. The summed E-state index contributed by atoms with van der Waals surface area (Å²) in [7, 11) is 0. The molecule has 8 nitrogen and oxygen atoms in total. The Hall–Kier alpha value is -2.90. The van der Waals surface area contributed by atoms with E-state index in [9.17, 15) is 4.79 Å². The first-order valence-electron chi connectivity index (χ1n) is 9.35. The van der Waals surface area contributed by atoms with Crippen molar-refractivity contribution >= 4 is 17.1 Å². The Morgan fingerprint density at radius 3 is 2.74 bits per heavy atom. The summed E-state index contributed by atoms with van der Waals surface area (Å²) in [5.74, 6) is 2.02. The Labute approximate surface area is 156 Å². The number of fused-ring (bicyclic) bond motifs is 1. The van der Waals surface area contributed by atoms with Gasteiger partial charge in [0, 0.05) is 19.0 Å². The van der Waals surface area contributed by atoms with Gasteiger partial charge in [-0.3, -0.25) is 0 Å². The van der Waals surface area contributed by atoms with Crippen molar-refractivity contribution in [3.63, 3.8) is 0 Å². The fourth-order valence-corrected chi connectivity index (χ4v) is 3.43.